The Kier molecular flexibility index (Phi) is 6.88. The molecule has 0 amide bonds. The maximum atomic E-state index is 9.22. The van der Waals surface area contributed by atoms with E-state index < -0.39 is 0 Å². The predicted octanol–water partition coefficient (Wildman–Crippen LogP) is 8.44. The minimum Gasteiger partial charge on any atom is -0.459 e. The van der Waals surface area contributed by atoms with Gasteiger partial charge in [0.2, 0.25) is 0 Å². The van der Waals surface area contributed by atoms with E-state index >= 15 is 0 Å². The van der Waals surface area contributed by atoms with E-state index in [2.05, 4.69) is 23.5 Å². The van der Waals surface area contributed by atoms with Gasteiger partial charge < -0.3 is 9.47 Å². The van der Waals surface area contributed by atoms with E-state index in [1.54, 1.807) is 36.4 Å². The second-order valence-electron chi connectivity index (χ2n) is 8.68. The number of ether oxygens (including phenoxy) is 2. The lowest BCUT2D eigenvalue weighted by Gasteiger charge is -2.26. The third-order valence-corrected chi connectivity index (χ3v) is 6.04. The summed E-state index contributed by atoms with van der Waals surface area (Å²) in [5.74, 6) is 2.25. The standard InChI is InChI=1S/C31H20N4O2/c1-31(2,23-6-11-25(12-7-23)36-27-10-5-21(19-32)22(17-27)20-33)24-8-13-26(14-9-24)37-28-15-16-29(34-3)30(18-28)35-4/h5-18H,1-2H3. The van der Waals surface area contributed by atoms with Crippen molar-refractivity contribution in [2.75, 3.05) is 0 Å². The molecule has 6 heteroatoms. The number of hydrogen-bond donors (Lipinski definition) is 0. The van der Waals surface area contributed by atoms with Crippen molar-refractivity contribution >= 4 is 11.4 Å². The molecule has 0 bridgehead atoms. The Balaban J connectivity index is 1.48. The first-order chi connectivity index (χ1) is 17.9. The van der Waals surface area contributed by atoms with Crippen molar-refractivity contribution in [1.82, 2.24) is 0 Å². The molecule has 176 valence electrons. The molecule has 0 N–H and O–H groups in total. The van der Waals surface area contributed by atoms with Crippen LogP contribution >= 0.6 is 0 Å². The molecule has 0 saturated heterocycles. The zero-order chi connectivity index (χ0) is 26.4. The van der Waals surface area contributed by atoms with Gasteiger partial charge in [-0.2, -0.15) is 10.5 Å². The molecule has 0 aliphatic rings. The van der Waals surface area contributed by atoms with E-state index in [1.165, 1.54) is 0 Å². The van der Waals surface area contributed by atoms with Gasteiger partial charge in [-0.15, -0.1) is 0 Å². The Morgan fingerprint density at radius 3 is 1.54 bits per heavy atom. The summed E-state index contributed by atoms with van der Waals surface area (Å²) in [6.07, 6.45) is 0. The molecule has 0 heterocycles. The van der Waals surface area contributed by atoms with E-state index in [1.807, 2.05) is 60.7 Å². The second kappa shape index (κ2) is 10.4. The van der Waals surface area contributed by atoms with Gasteiger partial charge in [0, 0.05) is 5.41 Å². The van der Waals surface area contributed by atoms with E-state index in [0.29, 0.717) is 34.2 Å². The Morgan fingerprint density at radius 2 is 1.05 bits per heavy atom. The molecule has 0 radical (unpaired) electrons. The molecule has 6 nitrogen and oxygen atoms in total. The highest BCUT2D eigenvalue weighted by Gasteiger charge is 2.23. The summed E-state index contributed by atoms with van der Waals surface area (Å²) >= 11 is 0. The number of hydrogen-bond acceptors (Lipinski definition) is 4. The SMILES string of the molecule is [C-]#[N+]c1ccc(Oc2ccc(C(C)(C)c3ccc(Oc4ccc(C#N)c(C#N)c4)cc3)cc2)cc1[N+]#[C-]. The minimum atomic E-state index is -0.298. The van der Waals surface area contributed by atoms with Crippen LogP contribution in [0.3, 0.4) is 0 Å². The predicted molar refractivity (Wildman–Crippen MR) is 140 cm³/mol. The molecule has 4 aromatic carbocycles. The van der Waals surface area contributed by atoms with Gasteiger partial charge in [0.1, 0.15) is 35.1 Å². The molecule has 37 heavy (non-hydrogen) atoms. The fourth-order valence-corrected chi connectivity index (χ4v) is 3.85. The van der Waals surface area contributed by atoms with Crippen LogP contribution in [0.4, 0.5) is 11.4 Å². The Hall–Kier alpha value is -5.56. The zero-order valence-corrected chi connectivity index (χ0v) is 20.2. The van der Waals surface area contributed by atoms with E-state index in [-0.39, 0.29) is 16.7 Å². The molecular weight excluding hydrogens is 460 g/mol. The third kappa shape index (κ3) is 5.26. The molecule has 4 rings (SSSR count). The molecule has 4 aromatic rings. The lowest BCUT2D eigenvalue weighted by molar-refractivity contribution is 0.481. The summed E-state index contributed by atoms with van der Waals surface area (Å²) in [4.78, 5) is 6.74. The highest BCUT2D eigenvalue weighted by Crippen LogP contribution is 2.36. The van der Waals surface area contributed by atoms with Crippen molar-refractivity contribution in [2.24, 2.45) is 0 Å². The molecule has 0 aliphatic heterocycles. The van der Waals surface area contributed by atoms with Gasteiger partial charge in [0.25, 0.3) is 0 Å². The van der Waals surface area contributed by atoms with Gasteiger partial charge in [-0.25, -0.2) is 4.85 Å². The van der Waals surface area contributed by atoms with Crippen molar-refractivity contribution < 1.29 is 9.47 Å². The second-order valence-corrected chi connectivity index (χ2v) is 8.68. The van der Waals surface area contributed by atoms with Gasteiger partial charge in [-0.05, 0) is 65.7 Å². The quantitative estimate of drug-likeness (QED) is 0.260. The summed E-state index contributed by atoms with van der Waals surface area (Å²) in [6, 6.07) is 29.2. The van der Waals surface area contributed by atoms with Crippen LogP contribution in [-0.4, -0.2) is 0 Å². The fourth-order valence-electron chi connectivity index (χ4n) is 3.85. The van der Waals surface area contributed by atoms with Crippen molar-refractivity contribution in [1.29, 1.82) is 10.5 Å². The normalized spacial score (nSPS) is 10.3. The van der Waals surface area contributed by atoms with Crippen molar-refractivity contribution in [3.05, 3.63) is 130 Å². The molecule has 0 aliphatic carbocycles. The van der Waals surface area contributed by atoms with Crippen LogP contribution in [-0.2, 0) is 5.41 Å². The van der Waals surface area contributed by atoms with Crippen LogP contribution in [0.2, 0.25) is 0 Å². The molecule has 0 unspecified atom stereocenters. The lowest BCUT2D eigenvalue weighted by Crippen LogP contribution is -2.18. The molecule has 0 fully saturated rings. The van der Waals surface area contributed by atoms with Crippen LogP contribution < -0.4 is 9.47 Å². The molecule has 0 spiro atoms. The van der Waals surface area contributed by atoms with E-state index in [4.69, 9.17) is 27.9 Å². The van der Waals surface area contributed by atoms with Gasteiger partial charge in [-0.1, -0.05) is 44.2 Å². The van der Waals surface area contributed by atoms with Crippen molar-refractivity contribution in [2.45, 2.75) is 19.3 Å². The number of nitriles is 2. The summed E-state index contributed by atoms with van der Waals surface area (Å²) < 4.78 is 11.8. The summed E-state index contributed by atoms with van der Waals surface area (Å²) in [5.41, 5.74) is 3.04. The fraction of sp³-hybridized carbons (Fsp3) is 0.0968. The van der Waals surface area contributed by atoms with Crippen molar-refractivity contribution in [3.63, 3.8) is 0 Å². The van der Waals surface area contributed by atoms with E-state index in [0.717, 1.165) is 11.1 Å². The number of rotatable bonds is 6. The Labute approximate surface area is 215 Å². The van der Waals surface area contributed by atoms with Gasteiger partial charge >= 0.3 is 0 Å². The third-order valence-electron chi connectivity index (χ3n) is 6.04. The number of benzene rings is 4. The van der Waals surface area contributed by atoms with Crippen LogP contribution in [0.15, 0.2) is 84.9 Å². The van der Waals surface area contributed by atoms with Crippen LogP contribution in [0.25, 0.3) is 9.69 Å². The van der Waals surface area contributed by atoms with Gasteiger partial charge in [-0.3, -0.25) is 4.85 Å². The average molecular weight is 481 g/mol. The van der Waals surface area contributed by atoms with Crippen LogP contribution in [0.5, 0.6) is 23.0 Å². The average Bonchev–Trinajstić information content (AvgIpc) is 2.93. The summed E-state index contributed by atoms with van der Waals surface area (Å²) in [6.45, 7) is 18.6. The molecule has 0 saturated carbocycles. The van der Waals surface area contributed by atoms with E-state index in [9.17, 15) is 5.26 Å². The first-order valence-corrected chi connectivity index (χ1v) is 11.3. The minimum absolute atomic E-state index is 0.266. The highest BCUT2D eigenvalue weighted by atomic mass is 16.5. The van der Waals surface area contributed by atoms with Crippen LogP contribution in [0.1, 0.15) is 36.1 Å². The smallest absolute Gasteiger partial charge is 0.198 e. The maximum absolute atomic E-state index is 9.22. The van der Waals surface area contributed by atoms with Crippen molar-refractivity contribution in [3.8, 4) is 35.1 Å². The first-order valence-electron chi connectivity index (χ1n) is 11.3. The largest absolute Gasteiger partial charge is 0.459 e. The summed E-state index contributed by atoms with van der Waals surface area (Å²) in [7, 11) is 0. The van der Waals surface area contributed by atoms with Gasteiger partial charge in [0.05, 0.1) is 24.3 Å². The maximum Gasteiger partial charge on any atom is 0.198 e. The first kappa shape index (κ1) is 24.6. The summed E-state index contributed by atoms with van der Waals surface area (Å²) in [5, 5.41) is 18.3. The lowest BCUT2D eigenvalue weighted by atomic mass is 9.78. The van der Waals surface area contributed by atoms with Crippen LogP contribution in [0, 0.1) is 35.8 Å². The number of nitrogens with zero attached hydrogens (tertiary/aromatic N) is 4. The molecule has 0 atom stereocenters. The Morgan fingerprint density at radius 1 is 0.595 bits per heavy atom. The Bertz CT molecular complexity index is 1500. The molecular formula is C31H20N4O2. The monoisotopic (exact) mass is 480 g/mol. The highest BCUT2D eigenvalue weighted by molar-refractivity contribution is 5.72. The molecule has 0 aromatic heterocycles. The van der Waals surface area contributed by atoms with Gasteiger partial charge in [0.15, 0.2) is 11.4 Å². The zero-order valence-electron chi connectivity index (χ0n) is 20.2. The topological polar surface area (TPSA) is 74.8 Å².